The number of rotatable bonds is 23. The number of hydrogen-bond acceptors (Lipinski definition) is 16. The molecule has 1 fully saturated rings. The van der Waals surface area contributed by atoms with Gasteiger partial charge in [-0.2, -0.15) is 13.2 Å². The molecule has 8 rings (SSSR count). The summed E-state index contributed by atoms with van der Waals surface area (Å²) < 4.78 is 60.8. The number of benzene rings is 2. The van der Waals surface area contributed by atoms with E-state index in [-0.39, 0.29) is 55.9 Å². The molecule has 5 amide bonds. The van der Waals surface area contributed by atoms with Crippen LogP contribution in [0.1, 0.15) is 97.9 Å². The van der Waals surface area contributed by atoms with Gasteiger partial charge in [0, 0.05) is 62.8 Å². The summed E-state index contributed by atoms with van der Waals surface area (Å²) in [4.78, 5) is 134. The first kappa shape index (κ1) is 66.4. The standard InChI is InChI=1S/C57H74FN11O11.C2HF3O2/c1-8-57(49(67(7)24-23-66(6)22-21-65(5)20-18-59)51(72)62-41(27-44(60)70)53(74)68-19-12-15-42(68)50(71)64-47(31(2)3)54(75)76)37-25-43-48-35(28-69(43)52(73)36(37)30-79-55(57)77)46-39(63-56(78)80-29-33-13-10-9-11-14-33)17-16-34-32(4)38(58)26-40(61-48)45(34)46;3-2(4,5)1(6)7/h9-11,13-14,25-26,31,39,41-42,47,49H,8,12,15-24,27-30,59H2,1-7H3,(H2,60,70)(H,62,72)(H,63,78)(H,64,71)(H,75,76);(H,6,7)/t39-,41-,42-,47-,49?,57-;/m0./s1. The predicted molar refractivity (Wildman–Crippen MR) is 307 cm³/mol. The Morgan fingerprint density at radius 1 is 0.931 bits per heavy atom. The van der Waals surface area contributed by atoms with Crippen molar-refractivity contribution in [3.05, 3.63) is 97.6 Å². The number of likely N-dealkylation sites (N-methyl/N-ethyl adjacent to an activating group) is 3. The highest BCUT2D eigenvalue weighted by Gasteiger charge is 2.57. The largest absolute Gasteiger partial charge is 0.490 e. The number of nitrogens with two attached hydrogens (primary N) is 2. The molecule has 4 aromatic rings. The van der Waals surface area contributed by atoms with Crippen LogP contribution in [0.25, 0.3) is 22.3 Å². The van der Waals surface area contributed by atoms with Crippen LogP contribution in [-0.2, 0) is 74.6 Å². The second-order valence-electron chi connectivity index (χ2n) is 22.8. The summed E-state index contributed by atoms with van der Waals surface area (Å²) in [5, 5.41) is 26.0. The number of amides is 5. The molecule has 4 aliphatic rings. The summed E-state index contributed by atoms with van der Waals surface area (Å²) in [7, 11) is 5.49. The second-order valence-corrected chi connectivity index (χ2v) is 22.8. The van der Waals surface area contributed by atoms with Crippen LogP contribution >= 0.6 is 0 Å². The Morgan fingerprint density at radius 2 is 1.59 bits per heavy atom. The molecule has 9 N–H and O–H groups in total. The van der Waals surface area contributed by atoms with Crippen molar-refractivity contribution in [2.75, 3.05) is 67.0 Å². The molecule has 1 unspecified atom stereocenters. The zero-order valence-corrected chi connectivity index (χ0v) is 49.6. The Bertz CT molecular complexity index is 3370. The van der Waals surface area contributed by atoms with Crippen molar-refractivity contribution in [2.24, 2.45) is 17.4 Å². The lowest BCUT2D eigenvalue weighted by Gasteiger charge is -2.45. The maximum absolute atomic E-state index is 15.9. The minimum absolute atomic E-state index is 0.00723. The third-order valence-corrected chi connectivity index (χ3v) is 16.7. The normalized spacial score (nSPS) is 18.7. The Morgan fingerprint density at radius 3 is 2.20 bits per heavy atom. The van der Waals surface area contributed by atoms with Gasteiger partial charge < -0.3 is 66.4 Å². The monoisotopic (exact) mass is 1220 g/mol. The number of aryl methyl sites for hydroxylation is 1. The topological polar surface area (TPSA) is 331 Å². The zero-order chi connectivity index (χ0) is 64.0. The fourth-order valence-corrected chi connectivity index (χ4v) is 12.1. The van der Waals surface area contributed by atoms with Gasteiger partial charge in [-0.3, -0.25) is 33.7 Å². The molecular weight excluding hydrogens is 1150 g/mol. The first-order valence-corrected chi connectivity index (χ1v) is 28.6. The second kappa shape index (κ2) is 27.7. The van der Waals surface area contributed by atoms with Crippen LogP contribution in [0.4, 0.5) is 22.4 Å². The number of aliphatic carboxylic acids is 2. The number of cyclic esters (lactones) is 1. The zero-order valence-electron chi connectivity index (χ0n) is 49.6. The molecule has 2 aromatic heterocycles. The number of nitrogens with zero attached hydrogens (tertiary/aromatic N) is 6. The first-order valence-electron chi connectivity index (χ1n) is 28.6. The number of esters is 1. The molecule has 0 spiro atoms. The van der Waals surface area contributed by atoms with E-state index >= 15 is 18.8 Å². The van der Waals surface area contributed by atoms with Crippen molar-refractivity contribution < 1.29 is 75.6 Å². The molecule has 472 valence electrons. The maximum Gasteiger partial charge on any atom is 0.490 e. The molecule has 87 heavy (non-hydrogen) atoms. The van der Waals surface area contributed by atoms with Gasteiger partial charge in [-0.05, 0) is 100.0 Å². The van der Waals surface area contributed by atoms with Crippen molar-refractivity contribution in [1.82, 2.24) is 45.1 Å². The van der Waals surface area contributed by atoms with E-state index in [0.29, 0.717) is 85.3 Å². The first-order chi connectivity index (χ1) is 41.0. The SMILES string of the molecule is CC[C@]1(C(C(=O)N[C@@H](CC(N)=O)C(=O)N2CCC[C@H]2C(=O)N[C@H](C(=O)O)C(C)C)N(C)CCN(C)CCN(C)CCN)C(=O)OCc2c1cc1n(c2=O)Cc2c-1nc1cc(F)c(C)c3c1c2[C@@H](NC(=O)OCc1ccccc1)CC3.O=C(O)C(F)(F)F. The average molecular weight is 1220 g/mol. The Hall–Kier alpha value is -8.08. The minimum atomic E-state index is -5.08. The van der Waals surface area contributed by atoms with E-state index in [9.17, 15) is 42.3 Å². The number of nitrogens with one attached hydrogen (secondary N) is 3. The van der Waals surface area contributed by atoms with E-state index < -0.39 is 120 Å². The van der Waals surface area contributed by atoms with Gasteiger partial charge in [-0.15, -0.1) is 0 Å². The van der Waals surface area contributed by atoms with Gasteiger partial charge in [-0.25, -0.2) is 23.8 Å². The quantitative estimate of drug-likeness (QED) is 0.0365. The third-order valence-electron chi connectivity index (χ3n) is 16.7. The summed E-state index contributed by atoms with van der Waals surface area (Å²) >= 11 is 0. The molecule has 6 atom stereocenters. The average Bonchev–Trinajstić information content (AvgIpc) is 1.66. The number of pyridine rings is 2. The number of primary amides is 1. The molecule has 1 saturated heterocycles. The van der Waals surface area contributed by atoms with Crippen LogP contribution < -0.4 is 33.0 Å². The number of alkyl halides is 3. The van der Waals surface area contributed by atoms with Gasteiger partial charge in [0.2, 0.25) is 23.6 Å². The Labute approximate surface area is 498 Å². The van der Waals surface area contributed by atoms with Crippen LogP contribution in [-0.4, -0.2) is 184 Å². The van der Waals surface area contributed by atoms with Gasteiger partial charge in [0.05, 0.1) is 41.5 Å². The summed E-state index contributed by atoms with van der Waals surface area (Å²) in [6.07, 6.45) is -5.27. The van der Waals surface area contributed by atoms with Crippen LogP contribution in [0.5, 0.6) is 0 Å². The van der Waals surface area contributed by atoms with E-state index in [1.165, 1.54) is 15.5 Å². The highest BCUT2D eigenvalue weighted by Crippen LogP contribution is 2.47. The molecule has 0 radical (unpaired) electrons. The summed E-state index contributed by atoms with van der Waals surface area (Å²) in [6.45, 7) is 9.19. The number of carbonyl (C=O) groups excluding carboxylic acids is 6. The highest BCUT2D eigenvalue weighted by molar-refractivity contribution is 6.00. The number of ether oxygens (including phenoxy) is 2. The van der Waals surface area contributed by atoms with E-state index in [1.54, 1.807) is 45.7 Å². The number of aromatic nitrogens is 2. The van der Waals surface area contributed by atoms with E-state index in [2.05, 4.69) is 20.9 Å². The van der Waals surface area contributed by atoms with Crippen LogP contribution in [0.2, 0.25) is 0 Å². The van der Waals surface area contributed by atoms with Crippen molar-refractivity contribution in [1.29, 1.82) is 0 Å². The number of likely N-dealkylation sites (tertiary alicyclic amines) is 1. The molecule has 3 aliphatic heterocycles. The van der Waals surface area contributed by atoms with Gasteiger partial charge in [0.1, 0.15) is 48.6 Å². The lowest BCUT2D eigenvalue weighted by Crippen LogP contribution is -2.65. The third kappa shape index (κ3) is 14.3. The number of fused-ring (bicyclic) bond motifs is 5. The van der Waals surface area contributed by atoms with Crippen molar-refractivity contribution in [3.8, 4) is 11.4 Å². The Balaban J connectivity index is 0.00000145. The van der Waals surface area contributed by atoms with Crippen LogP contribution in [0, 0.1) is 18.7 Å². The molecule has 5 heterocycles. The highest BCUT2D eigenvalue weighted by atomic mass is 19.4. The van der Waals surface area contributed by atoms with E-state index in [4.69, 9.17) is 35.8 Å². The number of carbonyl (C=O) groups is 8. The molecule has 1 aliphatic carbocycles. The molecule has 2 aromatic carbocycles. The maximum atomic E-state index is 15.9. The van der Waals surface area contributed by atoms with Gasteiger partial charge in [0.15, 0.2) is 0 Å². The van der Waals surface area contributed by atoms with Crippen molar-refractivity contribution in [3.63, 3.8) is 0 Å². The van der Waals surface area contributed by atoms with Crippen molar-refractivity contribution >= 4 is 58.5 Å². The number of carboxylic acids is 2. The summed E-state index contributed by atoms with van der Waals surface area (Å²) in [5.74, 6) is -9.22. The van der Waals surface area contributed by atoms with E-state index in [1.807, 2.05) is 49.3 Å². The molecule has 0 saturated carbocycles. The molecule has 24 nitrogen and oxygen atoms in total. The summed E-state index contributed by atoms with van der Waals surface area (Å²) in [6, 6.07) is 5.98. The number of carboxylic acid groups (broad SMARTS) is 2. The Kier molecular flexibility index (Phi) is 21.2. The van der Waals surface area contributed by atoms with Gasteiger partial charge >= 0.3 is 30.2 Å². The predicted octanol–water partition coefficient (Wildman–Crippen LogP) is 2.82. The molecular formula is C59H75F4N11O13. The fraction of sp³-hybridized carbons (Fsp3) is 0.525. The van der Waals surface area contributed by atoms with Crippen LogP contribution in [0.3, 0.4) is 0 Å². The van der Waals surface area contributed by atoms with Gasteiger partial charge in [-0.1, -0.05) is 51.1 Å². The van der Waals surface area contributed by atoms with Gasteiger partial charge in [0.25, 0.3) is 5.56 Å². The minimum Gasteiger partial charge on any atom is -0.480 e. The number of halogens is 4. The lowest BCUT2D eigenvalue weighted by molar-refractivity contribution is -0.192. The lowest BCUT2D eigenvalue weighted by atomic mass is 9.68. The number of hydrogen-bond donors (Lipinski definition) is 7. The summed E-state index contributed by atoms with van der Waals surface area (Å²) in [5.41, 5.74) is 13.4. The van der Waals surface area contributed by atoms with Crippen LogP contribution in [0.15, 0.2) is 47.3 Å². The smallest absolute Gasteiger partial charge is 0.480 e. The van der Waals surface area contributed by atoms with Crippen molar-refractivity contribution in [2.45, 2.75) is 128 Å². The van der Waals surface area contributed by atoms with E-state index in [0.717, 1.165) is 11.1 Å². The number of alkyl carbamates (subject to hydrolysis) is 1. The fourth-order valence-electron chi connectivity index (χ4n) is 12.1. The molecule has 28 heteroatoms. The molecule has 0 bridgehead atoms.